The summed E-state index contributed by atoms with van der Waals surface area (Å²) in [6, 6.07) is 8.33. The molecule has 1 amide bonds. The fourth-order valence-corrected chi connectivity index (χ4v) is 4.28. The fraction of sp³-hybridized carbons (Fsp3) is 0.348. The lowest BCUT2D eigenvalue weighted by Crippen LogP contribution is -2.54. The number of nitrogens with one attached hydrogen (secondary N) is 2. The van der Waals surface area contributed by atoms with E-state index < -0.39 is 5.91 Å². The van der Waals surface area contributed by atoms with Crippen molar-refractivity contribution in [3.63, 3.8) is 0 Å². The minimum Gasteiger partial charge on any atom is -0.395 e. The van der Waals surface area contributed by atoms with Gasteiger partial charge in [-0.2, -0.15) is 0 Å². The molecule has 1 saturated heterocycles. The van der Waals surface area contributed by atoms with Gasteiger partial charge in [0.2, 0.25) is 0 Å². The molecule has 0 saturated carbocycles. The van der Waals surface area contributed by atoms with Gasteiger partial charge in [0.15, 0.2) is 0 Å². The number of pyridine rings is 2. The molecule has 1 aliphatic heterocycles. The average molecular weight is 455 g/mol. The highest BCUT2D eigenvalue weighted by Gasteiger charge is 2.27. The van der Waals surface area contributed by atoms with Crippen LogP contribution in [0, 0.1) is 0 Å². The van der Waals surface area contributed by atoms with E-state index in [1.807, 2.05) is 24.0 Å². The van der Waals surface area contributed by atoms with E-state index in [9.17, 15) is 19.2 Å². The first kappa shape index (κ1) is 22.7. The van der Waals surface area contributed by atoms with E-state index >= 15 is 0 Å². The number of carbonyl (C=O) groups excluding carboxylic acids is 1. The summed E-state index contributed by atoms with van der Waals surface area (Å²) in [7, 11) is 0. The van der Waals surface area contributed by atoms with Gasteiger partial charge in [-0.3, -0.25) is 19.5 Å². The Balaban J connectivity index is 1.50. The number of aromatic amines is 1. The molecule has 33 heavy (non-hydrogen) atoms. The molecule has 0 unspecified atom stereocenters. The van der Waals surface area contributed by atoms with Crippen LogP contribution in [0.2, 0.25) is 0 Å². The zero-order chi connectivity index (χ0) is 23.5. The van der Waals surface area contributed by atoms with Gasteiger partial charge in [0.05, 0.1) is 34.9 Å². The van der Waals surface area contributed by atoms with Crippen molar-refractivity contribution in [2.24, 2.45) is 5.73 Å². The Hall–Kier alpha value is -3.50. The quantitative estimate of drug-likeness (QED) is 0.399. The number of fused-ring (bicyclic) bond motifs is 1. The molecule has 0 aliphatic carbocycles. The number of carbonyl (C=O) groups is 1. The summed E-state index contributed by atoms with van der Waals surface area (Å²) >= 11 is 0. The fourth-order valence-electron chi connectivity index (χ4n) is 4.28. The van der Waals surface area contributed by atoms with E-state index in [1.54, 1.807) is 18.3 Å². The third-order valence-corrected chi connectivity index (χ3v) is 6.14. The molecule has 2 aromatic heterocycles. The maximum atomic E-state index is 13.2. The number of hydrogen-bond acceptors (Lipinski definition) is 7. The molecule has 5 N–H and O–H groups in total. The Morgan fingerprint density at radius 2 is 2.15 bits per heavy atom. The van der Waals surface area contributed by atoms with Gasteiger partial charge in [-0.05, 0) is 42.3 Å². The first-order valence-electron chi connectivity index (χ1n) is 10.8. The minimum absolute atomic E-state index is 0.0189. The van der Waals surface area contributed by atoms with Gasteiger partial charge < -0.3 is 20.7 Å². The van der Waals surface area contributed by atoms with E-state index in [0.29, 0.717) is 43.7 Å². The van der Waals surface area contributed by atoms with Gasteiger partial charge in [-0.1, -0.05) is 6.92 Å². The second kappa shape index (κ2) is 9.55. The lowest BCUT2D eigenvalue weighted by atomic mass is 10.1. The van der Waals surface area contributed by atoms with Gasteiger partial charge in [0.25, 0.3) is 11.5 Å². The Labute approximate surface area is 190 Å². The molecule has 9 nitrogen and oxygen atoms in total. The number of piperazine rings is 1. The topological polar surface area (TPSA) is 128 Å². The molecule has 174 valence electrons. The Bertz CT molecular complexity index is 1230. The number of benzene rings is 1. The molecule has 0 bridgehead atoms. The molecule has 4 rings (SSSR count). The van der Waals surface area contributed by atoms with Gasteiger partial charge >= 0.3 is 0 Å². The van der Waals surface area contributed by atoms with E-state index in [0.717, 1.165) is 16.8 Å². The monoisotopic (exact) mass is 454 g/mol. The Morgan fingerprint density at radius 3 is 2.85 bits per heavy atom. The lowest BCUT2D eigenvalue weighted by molar-refractivity contribution is 0.100. The summed E-state index contributed by atoms with van der Waals surface area (Å²) in [5.74, 6) is -0.712. The van der Waals surface area contributed by atoms with E-state index in [1.165, 1.54) is 11.6 Å². The van der Waals surface area contributed by atoms with Crippen molar-refractivity contribution in [2.45, 2.75) is 25.9 Å². The molecule has 1 atom stereocenters. The second-order valence-corrected chi connectivity index (χ2v) is 8.20. The molecule has 1 aliphatic rings. The number of aryl methyl sites for hydroxylation is 1. The summed E-state index contributed by atoms with van der Waals surface area (Å²) in [5, 5.41) is 10.0. The van der Waals surface area contributed by atoms with Crippen LogP contribution in [0.25, 0.3) is 11.0 Å². The number of primary amides is 1. The van der Waals surface area contributed by atoms with Crippen LogP contribution >= 0.6 is 0 Å². The third kappa shape index (κ3) is 4.67. The Kier molecular flexibility index (Phi) is 6.57. The van der Waals surface area contributed by atoms with Crippen molar-refractivity contribution in [3.05, 3.63) is 63.6 Å². The van der Waals surface area contributed by atoms with Crippen molar-refractivity contribution in [3.8, 4) is 0 Å². The molecule has 3 heterocycles. The maximum Gasteiger partial charge on any atom is 0.251 e. The number of H-pyrrole nitrogens is 1. The predicted octanol–water partition coefficient (Wildman–Crippen LogP) is 1.56. The third-order valence-electron chi connectivity index (χ3n) is 6.14. The SMILES string of the molecule is CCc1cc2ncc(CN3CCN(c4ccc(C(N)=O)c(NF)c4)C[C@@H]3CO)cc2[nH]c1=O. The number of nitrogens with zero attached hydrogens (tertiary/aromatic N) is 3. The smallest absolute Gasteiger partial charge is 0.251 e. The lowest BCUT2D eigenvalue weighted by Gasteiger charge is -2.42. The van der Waals surface area contributed by atoms with Crippen LogP contribution in [0.15, 0.2) is 41.3 Å². The number of hydrogen-bond donors (Lipinski definition) is 4. The van der Waals surface area contributed by atoms with Crippen molar-refractivity contribution >= 4 is 28.3 Å². The van der Waals surface area contributed by atoms with Crippen LogP contribution < -0.4 is 21.7 Å². The van der Waals surface area contributed by atoms with Gasteiger partial charge in [0.1, 0.15) is 0 Å². The van der Waals surface area contributed by atoms with Crippen LogP contribution in [-0.4, -0.2) is 58.2 Å². The summed E-state index contributed by atoms with van der Waals surface area (Å²) in [6.45, 7) is 4.27. The highest BCUT2D eigenvalue weighted by molar-refractivity contribution is 5.99. The summed E-state index contributed by atoms with van der Waals surface area (Å²) in [5.41, 5.74) is 10.6. The number of rotatable bonds is 7. The molecule has 1 fully saturated rings. The van der Waals surface area contributed by atoms with Crippen LogP contribution in [0.1, 0.15) is 28.4 Å². The number of amides is 1. The minimum atomic E-state index is -0.712. The molecule has 3 aromatic rings. The highest BCUT2D eigenvalue weighted by atomic mass is 19.2. The van der Waals surface area contributed by atoms with Crippen LogP contribution in [-0.2, 0) is 13.0 Å². The molecular weight excluding hydrogens is 427 g/mol. The van der Waals surface area contributed by atoms with Crippen molar-refractivity contribution in [1.29, 1.82) is 0 Å². The standard InChI is InChI=1S/C23H27FN6O3/c1-2-15-8-20-21(27-23(15)33)7-14(10-26-20)11-29-5-6-30(12-17(29)13-31)16-3-4-18(22(25)32)19(9-16)28-24/h3-4,7-10,17,28,31H,2,5-6,11-13H2,1H3,(H2,25,32)(H,27,33)/t17-/m1/s1. The van der Waals surface area contributed by atoms with Crippen molar-refractivity contribution < 1.29 is 14.4 Å². The number of aliphatic hydroxyl groups is 1. The number of anilines is 2. The largest absolute Gasteiger partial charge is 0.395 e. The number of nitrogens with two attached hydrogens (primary N) is 1. The van der Waals surface area contributed by atoms with Gasteiger partial charge in [-0.15, -0.1) is 4.48 Å². The Morgan fingerprint density at radius 1 is 1.33 bits per heavy atom. The predicted molar refractivity (Wildman–Crippen MR) is 125 cm³/mol. The van der Waals surface area contributed by atoms with Crippen molar-refractivity contribution in [2.75, 3.05) is 36.7 Å². The molecule has 0 spiro atoms. The zero-order valence-corrected chi connectivity index (χ0v) is 18.3. The average Bonchev–Trinajstić information content (AvgIpc) is 2.83. The van der Waals surface area contributed by atoms with E-state index in [2.05, 4.69) is 14.9 Å². The van der Waals surface area contributed by atoms with Gasteiger partial charge in [0, 0.05) is 43.6 Å². The van der Waals surface area contributed by atoms with Gasteiger partial charge in [-0.25, -0.2) is 5.54 Å². The normalized spacial score (nSPS) is 16.8. The summed E-state index contributed by atoms with van der Waals surface area (Å²) < 4.78 is 13.2. The molecule has 1 aromatic carbocycles. The molecule has 0 radical (unpaired) electrons. The van der Waals surface area contributed by atoms with Crippen LogP contribution in [0.4, 0.5) is 15.9 Å². The maximum absolute atomic E-state index is 13.2. The van der Waals surface area contributed by atoms with E-state index in [-0.39, 0.29) is 29.5 Å². The van der Waals surface area contributed by atoms with Crippen LogP contribution in [0.3, 0.4) is 0 Å². The first-order chi connectivity index (χ1) is 15.9. The number of aliphatic hydroxyl groups excluding tert-OH is 1. The highest BCUT2D eigenvalue weighted by Crippen LogP contribution is 2.26. The summed E-state index contributed by atoms with van der Waals surface area (Å²) in [6.07, 6.45) is 2.44. The summed E-state index contributed by atoms with van der Waals surface area (Å²) in [4.78, 5) is 35.2. The first-order valence-corrected chi connectivity index (χ1v) is 10.8. The van der Waals surface area contributed by atoms with E-state index in [4.69, 9.17) is 5.73 Å². The number of halogens is 1. The molecule has 10 heteroatoms. The van der Waals surface area contributed by atoms with Crippen LogP contribution in [0.5, 0.6) is 0 Å². The second-order valence-electron chi connectivity index (χ2n) is 8.20. The zero-order valence-electron chi connectivity index (χ0n) is 18.3. The molecular formula is C23H27FN6O3. The van der Waals surface area contributed by atoms with Crippen molar-refractivity contribution in [1.82, 2.24) is 14.9 Å². The number of aromatic nitrogens is 2.